The third-order valence-corrected chi connectivity index (χ3v) is 3.10. The van der Waals surface area contributed by atoms with Gasteiger partial charge in [0.25, 0.3) is 0 Å². The summed E-state index contributed by atoms with van der Waals surface area (Å²) in [6.07, 6.45) is 0.329. The molecular weight excluding hydrogens is 242 g/mol. The number of rotatable bonds is 6. The van der Waals surface area contributed by atoms with Gasteiger partial charge in [-0.15, -0.1) is 0 Å². The van der Waals surface area contributed by atoms with Gasteiger partial charge in [0, 0.05) is 6.54 Å². The van der Waals surface area contributed by atoms with Crippen molar-refractivity contribution in [3.63, 3.8) is 0 Å². The first-order valence-corrected chi connectivity index (χ1v) is 6.54. The van der Waals surface area contributed by atoms with Crippen LogP contribution in [0.4, 0.5) is 0 Å². The van der Waals surface area contributed by atoms with E-state index in [1.807, 2.05) is 19.1 Å². The molecule has 19 heavy (non-hydrogen) atoms. The van der Waals surface area contributed by atoms with Crippen LogP contribution in [-0.4, -0.2) is 31.3 Å². The Morgan fingerprint density at radius 3 is 2.63 bits per heavy atom. The zero-order valence-electron chi connectivity index (χ0n) is 12.1. The predicted molar refractivity (Wildman–Crippen MR) is 75.6 cm³/mol. The number of benzene rings is 1. The molecule has 0 unspecified atom stereocenters. The summed E-state index contributed by atoms with van der Waals surface area (Å²) in [7, 11) is 1.66. The number of aliphatic hydroxyl groups is 1. The van der Waals surface area contributed by atoms with Crippen molar-refractivity contribution in [3.8, 4) is 5.75 Å². The average molecular weight is 265 g/mol. The van der Waals surface area contributed by atoms with E-state index in [9.17, 15) is 4.79 Å². The van der Waals surface area contributed by atoms with Gasteiger partial charge in [-0.1, -0.05) is 19.9 Å². The third-order valence-electron chi connectivity index (χ3n) is 3.10. The highest BCUT2D eigenvalue weighted by Crippen LogP contribution is 2.29. The van der Waals surface area contributed by atoms with Gasteiger partial charge in [0.1, 0.15) is 5.75 Å². The second-order valence-electron chi connectivity index (χ2n) is 4.93. The molecule has 0 aliphatic rings. The van der Waals surface area contributed by atoms with Gasteiger partial charge in [0.05, 0.1) is 20.1 Å². The van der Waals surface area contributed by atoms with Crippen LogP contribution in [0.2, 0.25) is 0 Å². The normalized spacial score (nSPS) is 10.6. The lowest BCUT2D eigenvalue weighted by Crippen LogP contribution is -2.28. The first-order chi connectivity index (χ1) is 8.99. The van der Waals surface area contributed by atoms with E-state index in [1.54, 1.807) is 7.11 Å². The van der Waals surface area contributed by atoms with Crippen molar-refractivity contribution in [2.75, 3.05) is 20.3 Å². The minimum absolute atomic E-state index is 0.0371. The lowest BCUT2D eigenvalue weighted by atomic mass is 9.95. The van der Waals surface area contributed by atoms with Crippen LogP contribution in [0.3, 0.4) is 0 Å². The molecule has 4 nitrogen and oxygen atoms in total. The first kappa shape index (κ1) is 15.5. The van der Waals surface area contributed by atoms with E-state index in [0.717, 1.165) is 22.4 Å². The summed E-state index contributed by atoms with van der Waals surface area (Å²) in [5.41, 5.74) is 3.15. The standard InChI is InChI=1S/C15H23NO3/c1-10(2)13-8-12(9-15(18)16-5-6-17)11(3)7-14(13)19-4/h7-8,10,17H,5-6,9H2,1-4H3,(H,16,18). The van der Waals surface area contributed by atoms with Crippen LogP contribution >= 0.6 is 0 Å². The van der Waals surface area contributed by atoms with Crippen molar-refractivity contribution in [2.45, 2.75) is 33.1 Å². The zero-order valence-corrected chi connectivity index (χ0v) is 12.1. The van der Waals surface area contributed by atoms with E-state index in [1.165, 1.54) is 0 Å². The largest absolute Gasteiger partial charge is 0.496 e. The van der Waals surface area contributed by atoms with E-state index in [2.05, 4.69) is 19.2 Å². The Kier molecular flexibility index (Phi) is 5.83. The molecule has 0 spiro atoms. The first-order valence-electron chi connectivity index (χ1n) is 6.54. The Morgan fingerprint density at radius 1 is 1.42 bits per heavy atom. The van der Waals surface area contributed by atoms with Crippen LogP contribution in [0.15, 0.2) is 12.1 Å². The van der Waals surface area contributed by atoms with Gasteiger partial charge < -0.3 is 15.2 Å². The second kappa shape index (κ2) is 7.14. The van der Waals surface area contributed by atoms with Crippen LogP contribution in [0.25, 0.3) is 0 Å². The number of methoxy groups -OCH3 is 1. The molecule has 2 N–H and O–H groups in total. The number of aryl methyl sites for hydroxylation is 1. The fourth-order valence-electron chi connectivity index (χ4n) is 1.99. The Bertz CT molecular complexity index is 441. The number of carbonyl (C=O) groups is 1. The number of amides is 1. The summed E-state index contributed by atoms with van der Waals surface area (Å²) in [4.78, 5) is 11.7. The summed E-state index contributed by atoms with van der Waals surface area (Å²) in [5, 5.41) is 11.4. The van der Waals surface area contributed by atoms with Crippen molar-refractivity contribution >= 4 is 5.91 Å². The molecule has 0 atom stereocenters. The van der Waals surface area contributed by atoms with Gasteiger partial charge in [-0.05, 0) is 35.6 Å². The smallest absolute Gasteiger partial charge is 0.224 e. The highest BCUT2D eigenvalue weighted by atomic mass is 16.5. The molecule has 106 valence electrons. The predicted octanol–water partition coefficient (Wildman–Crippen LogP) is 1.78. The highest BCUT2D eigenvalue weighted by Gasteiger charge is 2.13. The van der Waals surface area contributed by atoms with Crippen LogP contribution < -0.4 is 10.1 Å². The molecule has 0 aliphatic carbocycles. The van der Waals surface area contributed by atoms with E-state index in [-0.39, 0.29) is 12.5 Å². The molecule has 0 fully saturated rings. The van der Waals surface area contributed by atoms with Gasteiger partial charge in [0.2, 0.25) is 5.91 Å². The SMILES string of the molecule is COc1cc(C)c(CC(=O)NCCO)cc1C(C)C. The Hall–Kier alpha value is -1.55. The Labute approximate surface area is 114 Å². The molecule has 4 heteroatoms. The molecular formula is C15H23NO3. The molecule has 0 saturated heterocycles. The summed E-state index contributed by atoms with van der Waals surface area (Å²) in [6, 6.07) is 4.02. The number of carbonyl (C=O) groups excluding carboxylic acids is 1. The maximum Gasteiger partial charge on any atom is 0.224 e. The number of hydrogen-bond acceptors (Lipinski definition) is 3. The lowest BCUT2D eigenvalue weighted by molar-refractivity contribution is -0.120. The summed E-state index contributed by atoms with van der Waals surface area (Å²) in [6.45, 7) is 6.43. The van der Waals surface area contributed by atoms with Crippen molar-refractivity contribution < 1.29 is 14.6 Å². The molecule has 1 rings (SSSR count). The number of nitrogens with one attached hydrogen (secondary N) is 1. The van der Waals surface area contributed by atoms with Crippen molar-refractivity contribution in [2.24, 2.45) is 0 Å². The molecule has 1 aromatic carbocycles. The molecule has 0 aliphatic heterocycles. The Balaban J connectivity index is 2.95. The highest BCUT2D eigenvalue weighted by molar-refractivity contribution is 5.79. The third kappa shape index (κ3) is 4.24. The van der Waals surface area contributed by atoms with Gasteiger partial charge in [0.15, 0.2) is 0 Å². The maximum atomic E-state index is 11.7. The number of hydrogen-bond donors (Lipinski definition) is 2. The van der Waals surface area contributed by atoms with Crippen molar-refractivity contribution in [3.05, 3.63) is 28.8 Å². The fourth-order valence-corrected chi connectivity index (χ4v) is 1.99. The van der Waals surface area contributed by atoms with Gasteiger partial charge in [-0.2, -0.15) is 0 Å². The molecule has 1 aromatic rings. The number of ether oxygens (including phenoxy) is 1. The van der Waals surface area contributed by atoms with Gasteiger partial charge >= 0.3 is 0 Å². The zero-order chi connectivity index (χ0) is 14.4. The molecule has 0 aromatic heterocycles. The molecule has 0 saturated carbocycles. The summed E-state index contributed by atoms with van der Waals surface area (Å²) >= 11 is 0. The van der Waals surface area contributed by atoms with E-state index >= 15 is 0 Å². The average Bonchev–Trinajstić information content (AvgIpc) is 2.37. The van der Waals surface area contributed by atoms with Crippen LogP contribution in [0.1, 0.15) is 36.5 Å². The maximum absolute atomic E-state index is 11.7. The summed E-state index contributed by atoms with van der Waals surface area (Å²) < 4.78 is 5.38. The minimum atomic E-state index is -0.0722. The molecule has 0 bridgehead atoms. The Morgan fingerprint density at radius 2 is 2.11 bits per heavy atom. The van der Waals surface area contributed by atoms with E-state index in [0.29, 0.717) is 18.9 Å². The quantitative estimate of drug-likeness (QED) is 0.824. The van der Waals surface area contributed by atoms with Crippen LogP contribution in [0, 0.1) is 6.92 Å². The lowest BCUT2D eigenvalue weighted by Gasteiger charge is -2.16. The van der Waals surface area contributed by atoms with Crippen LogP contribution in [0.5, 0.6) is 5.75 Å². The van der Waals surface area contributed by atoms with Crippen molar-refractivity contribution in [1.82, 2.24) is 5.32 Å². The fraction of sp³-hybridized carbons (Fsp3) is 0.533. The van der Waals surface area contributed by atoms with Gasteiger partial charge in [-0.25, -0.2) is 0 Å². The second-order valence-corrected chi connectivity index (χ2v) is 4.93. The monoisotopic (exact) mass is 265 g/mol. The molecule has 1 amide bonds. The van der Waals surface area contributed by atoms with Crippen molar-refractivity contribution in [1.29, 1.82) is 0 Å². The topological polar surface area (TPSA) is 58.6 Å². The van der Waals surface area contributed by atoms with E-state index < -0.39 is 0 Å². The minimum Gasteiger partial charge on any atom is -0.496 e. The van der Waals surface area contributed by atoms with E-state index in [4.69, 9.17) is 9.84 Å². The number of aliphatic hydroxyl groups excluding tert-OH is 1. The van der Waals surface area contributed by atoms with Gasteiger partial charge in [-0.3, -0.25) is 4.79 Å². The van der Waals surface area contributed by atoms with Crippen LogP contribution in [-0.2, 0) is 11.2 Å². The summed E-state index contributed by atoms with van der Waals surface area (Å²) in [5.74, 6) is 1.14. The molecule has 0 radical (unpaired) electrons. The molecule has 0 heterocycles.